The van der Waals surface area contributed by atoms with Crippen molar-refractivity contribution in [3.05, 3.63) is 94.5 Å². The predicted octanol–water partition coefficient (Wildman–Crippen LogP) is 3.18. The maximum atomic E-state index is 12.5. The molecule has 1 amide bonds. The third-order valence-corrected chi connectivity index (χ3v) is 8.88. The average Bonchev–Trinajstić information content (AvgIpc) is 3.18. The van der Waals surface area contributed by atoms with Crippen molar-refractivity contribution in [2.75, 3.05) is 17.7 Å². The van der Waals surface area contributed by atoms with E-state index in [-0.39, 0.29) is 31.8 Å². The van der Waals surface area contributed by atoms with E-state index in [1.54, 1.807) is 60.8 Å². The first-order chi connectivity index (χ1) is 15.5. The van der Waals surface area contributed by atoms with Crippen molar-refractivity contribution in [2.45, 2.75) is 11.7 Å². The molecule has 1 unspecified atom stereocenters. The van der Waals surface area contributed by atoms with Gasteiger partial charge in [0.05, 0.1) is 13.6 Å². The van der Waals surface area contributed by atoms with Gasteiger partial charge in [0, 0.05) is 11.8 Å². The number of halogens is 1. The smallest absolute Gasteiger partial charge is 0.351 e. The molecule has 8 nitrogen and oxygen atoms in total. The second-order valence-corrected chi connectivity index (χ2v) is 11.8. The fraction of sp³-hybridized carbons (Fsp3) is 0.182. The van der Waals surface area contributed by atoms with Crippen LogP contribution in [0.25, 0.3) is 0 Å². The first-order valence-electron chi connectivity index (χ1n) is 9.70. The molecule has 1 aliphatic rings. The molecule has 0 aliphatic carbocycles. The average molecular weight is 564 g/mol. The highest BCUT2D eigenvalue weighted by Crippen LogP contribution is 2.32. The quantitative estimate of drug-likeness (QED) is 0.281. The molecule has 3 atom stereocenters. The van der Waals surface area contributed by atoms with Gasteiger partial charge in [0.1, 0.15) is 5.82 Å². The zero-order chi connectivity index (χ0) is 22.5. The first kappa shape index (κ1) is 22.5. The van der Waals surface area contributed by atoms with Gasteiger partial charge in [0.15, 0.2) is 18.6 Å². The Labute approximate surface area is 198 Å². The normalized spacial score (nSPS) is 20.0. The van der Waals surface area contributed by atoms with Crippen molar-refractivity contribution in [3.8, 4) is 0 Å². The SMILES string of the molecule is O=C(Nc1ccn([C@@H]2C[S+](I)[C@H](COC(=O)c3ccccc3)O2)c(=O)n1)c1ccccc1. The standard InChI is InChI=1S/C22H18IN3O5S/c23-32-14-18(31-19(32)13-30-21(28)16-9-5-2-6-10-16)26-12-11-17(25-22(26)29)24-20(27)15-7-3-1-4-8-15/h1-12,18-19H,13-14H2/p+1/t18-,19+,32?/m0/s1. The summed E-state index contributed by atoms with van der Waals surface area (Å²) in [6.45, 7) is 0.101. The Bertz CT molecular complexity index is 1160. The molecule has 1 aromatic heterocycles. The van der Waals surface area contributed by atoms with Crippen LogP contribution in [0.4, 0.5) is 5.82 Å². The van der Waals surface area contributed by atoms with Gasteiger partial charge in [-0.2, -0.15) is 4.98 Å². The molecule has 164 valence electrons. The topological polar surface area (TPSA) is 99.5 Å². The fourth-order valence-corrected chi connectivity index (χ4v) is 5.97. The Balaban J connectivity index is 1.37. The number of anilines is 1. The number of hydrogen-bond donors (Lipinski definition) is 1. The summed E-state index contributed by atoms with van der Waals surface area (Å²) in [6, 6.07) is 19.0. The summed E-state index contributed by atoms with van der Waals surface area (Å²) >= 11 is 2.26. The molecular weight excluding hydrogens is 545 g/mol. The largest absolute Gasteiger partial charge is 0.454 e. The number of ether oxygens (including phenoxy) is 2. The van der Waals surface area contributed by atoms with Crippen LogP contribution in [0, 0.1) is 0 Å². The van der Waals surface area contributed by atoms with E-state index in [1.165, 1.54) is 4.57 Å². The third kappa shape index (κ3) is 5.37. The number of nitrogens with one attached hydrogen (secondary N) is 1. The van der Waals surface area contributed by atoms with Crippen LogP contribution in [0.3, 0.4) is 0 Å². The van der Waals surface area contributed by atoms with Crippen molar-refractivity contribution in [3.63, 3.8) is 0 Å². The van der Waals surface area contributed by atoms with Gasteiger partial charge in [-0.15, -0.1) is 0 Å². The first-order valence-corrected chi connectivity index (χ1v) is 13.7. The van der Waals surface area contributed by atoms with Gasteiger partial charge >= 0.3 is 11.7 Å². The lowest BCUT2D eigenvalue weighted by Crippen LogP contribution is -2.29. The number of nitrogens with zero attached hydrogens (tertiary/aromatic N) is 2. The van der Waals surface area contributed by atoms with E-state index in [0.717, 1.165) is 0 Å². The minimum absolute atomic E-state index is 0.101. The number of rotatable bonds is 6. The van der Waals surface area contributed by atoms with Crippen LogP contribution in [-0.2, 0) is 17.5 Å². The highest BCUT2D eigenvalue weighted by Gasteiger charge is 2.45. The molecule has 1 fully saturated rings. The van der Waals surface area contributed by atoms with E-state index in [2.05, 4.69) is 31.5 Å². The molecule has 1 saturated heterocycles. The van der Waals surface area contributed by atoms with Crippen LogP contribution in [0.15, 0.2) is 77.7 Å². The van der Waals surface area contributed by atoms with Crippen molar-refractivity contribution in [1.29, 1.82) is 0 Å². The van der Waals surface area contributed by atoms with Crippen molar-refractivity contribution < 1.29 is 19.1 Å². The maximum Gasteiger partial charge on any atom is 0.351 e. The summed E-state index contributed by atoms with van der Waals surface area (Å²) in [4.78, 5) is 40.9. The Hall–Kier alpha value is -2.70. The van der Waals surface area contributed by atoms with E-state index in [1.807, 2.05) is 12.1 Å². The number of amides is 1. The molecule has 1 aliphatic heterocycles. The molecule has 3 aromatic rings. The molecule has 0 radical (unpaired) electrons. The number of aromatic nitrogens is 2. The van der Waals surface area contributed by atoms with E-state index in [4.69, 9.17) is 9.47 Å². The Kier molecular flexibility index (Phi) is 7.22. The molecule has 10 heteroatoms. The Morgan fingerprint density at radius 1 is 1.09 bits per heavy atom. The fourth-order valence-electron chi connectivity index (χ4n) is 3.06. The van der Waals surface area contributed by atoms with Gasteiger partial charge in [0.25, 0.3) is 32.5 Å². The van der Waals surface area contributed by atoms with Gasteiger partial charge in [-0.1, -0.05) is 36.4 Å². The zero-order valence-corrected chi connectivity index (χ0v) is 19.7. The monoisotopic (exact) mass is 564 g/mol. The van der Waals surface area contributed by atoms with E-state index in [9.17, 15) is 14.4 Å². The molecular formula is C22H19IN3O5S+. The van der Waals surface area contributed by atoms with Crippen LogP contribution in [0.2, 0.25) is 0 Å². The molecule has 0 saturated carbocycles. The second-order valence-electron chi connectivity index (χ2n) is 6.84. The van der Waals surface area contributed by atoms with Gasteiger partial charge in [-0.3, -0.25) is 9.36 Å². The summed E-state index contributed by atoms with van der Waals surface area (Å²) in [5.41, 5.74) is 0.0946. The lowest BCUT2D eigenvalue weighted by molar-refractivity contribution is -0.0179. The Morgan fingerprint density at radius 3 is 2.41 bits per heavy atom. The van der Waals surface area contributed by atoms with Crippen molar-refractivity contribution >= 4 is 47.0 Å². The minimum atomic E-state index is -0.531. The molecule has 2 heterocycles. The van der Waals surface area contributed by atoms with E-state index < -0.39 is 17.9 Å². The zero-order valence-electron chi connectivity index (χ0n) is 16.7. The number of esters is 1. The van der Waals surface area contributed by atoms with E-state index >= 15 is 0 Å². The minimum Gasteiger partial charge on any atom is -0.454 e. The molecule has 0 bridgehead atoms. The number of carbonyl (C=O) groups is 2. The lowest BCUT2D eigenvalue weighted by atomic mass is 10.2. The van der Waals surface area contributed by atoms with Crippen LogP contribution in [0.5, 0.6) is 0 Å². The van der Waals surface area contributed by atoms with Crippen LogP contribution in [-0.4, -0.2) is 39.2 Å². The van der Waals surface area contributed by atoms with Crippen molar-refractivity contribution in [2.24, 2.45) is 0 Å². The van der Waals surface area contributed by atoms with Crippen LogP contribution < -0.4 is 11.0 Å². The number of benzene rings is 2. The summed E-state index contributed by atoms with van der Waals surface area (Å²) in [5, 5.41) is 2.62. The van der Waals surface area contributed by atoms with Crippen LogP contribution in [0.1, 0.15) is 26.9 Å². The lowest BCUT2D eigenvalue weighted by Gasteiger charge is -2.12. The molecule has 32 heavy (non-hydrogen) atoms. The van der Waals surface area contributed by atoms with Gasteiger partial charge < -0.3 is 14.8 Å². The summed E-state index contributed by atoms with van der Waals surface area (Å²) in [5.74, 6) is -0.00409. The third-order valence-electron chi connectivity index (χ3n) is 4.67. The second kappa shape index (κ2) is 10.3. The number of hydrogen-bond acceptors (Lipinski definition) is 6. The summed E-state index contributed by atoms with van der Waals surface area (Å²) < 4.78 is 12.8. The van der Waals surface area contributed by atoms with Gasteiger partial charge in [-0.05, 0) is 30.3 Å². The number of carbonyl (C=O) groups excluding carboxylic acids is 2. The summed E-state index contributed by atoms with van der Waals surface area (Å²) in [6.07, 6.45) is 1.03. The van der Waals surface area contributed by atoms with Gasteiger partial charge in [0.2, 0.25) is 0 Å². The van der Waals surface area contributed by atoms with Crippen molar-refractivity contribution in [1.82, 2.24) is 9.55 Å². The Morgan fingerprint density at radius 2 is 1.75 bits per heavy atom. The van der Waals surface area contributed by atoms with Crippen LogP contribution >= 0.6 is 21.2 Å². The maximum absolute atomic E-state index is 12.5. The molecule has 0 spiro atoms. The van der Waals surface area contributed by atoms with Gasteiger partial charge in [-0.25, -0.2) is 9.59 Å². The molecule has 4 rings (SSSR count). The highest BCUT2D eigenvalue weighted by molar-refractivity contribution is 14.2. The highest BCUT2D eigenvalue weighted by atomic mass is 127. The molecule has 2 aromatic carbocycles. The summed E-state index contributed by atoms with van der Waals surface area (Å²) in [7, 11) is -0.248. The van der Waals surface area contributed by atoms with E-state index in [0.29, 0.717) is 16.9 Å². The molecule has 1 N–H and O–H groups in total. The predicted molar refractivity (Wildman–Crippen MR) is 130 cm³/mol.